The van der Waals surface area contributed by atoms with Crippen LogP contribution < -0.4 is 5.32 Å². The average molecular weight is 363 g/mol. The largest absolute Gasteiger partial charge is 0.465 e. The Hall–Kier alpha value is -2.19. The van der Waals surface area contributed by atoms with E-state index in [0.29, 0.717) is 11.6 Å². The monoisotopic (exact) mass is 363 g/mol. The van der Waals surface area contributed by atoms with Gasteiger partial charge in [0.25, 0.3) is 5.69 Å². The van der Waals surface area contributed by atoms with Gasteiger partial charge in [-0.1, -0.05) is 0 Å². The summed E-state index contributed by atoms with van der Waals surface area (Å²) in [5.41, 5.74) is 0.441. The zero-order valence-electron chi connectivity index (χ0n) is 15.0. The molecule has 0 saturated carbocycles. The fourth-order valence-electron chi connectivity index (χ4n) is 3.65. The number of benzene rings is 1. The summed E-state index contributed by atoms with van der Waals surface area (Å²) in [5.74, 6) is -0.0502. The molecule has 0 amide bonds. The molecule has 1 N–H and O–H groups in total. The normalized spacial score (nSPS) is 21.5. The zero-order valence-corrected chi connectivity index (χ0v) is 15.0. The molecule has 0 aliphatic carbocycles. The second-order valence-corrected chi connectivity index (χ2v) is 6.93. The van der Waals surface area contributed by atoms with Gasteiger partial charge in [-0.15, -0.1) is 0 Å². The molecular weight excluding hydrogens is 338 g/mol. The lowest BCUT2D eigenvalue weighted by molar-refractivity contribution is -0.385. The van der Waals surface area contributed by atoms with Crippen molar-refractivity contribution in [1.82, 2.24) is 4.90 Å². The topological polar surface area (TPSA) is 93.9 Å². The Bertz CT molecular complexity index is 652. The van der Waals surface area contributed by atoms with Crippen LogP contribution >= 0.6 is 0 Å². The summed E-state index contributed by atoms with van der Waals surface area (Å²) in [6.45, 7) is 4.88. The van der Waals surface area contributed by atoms with Gasteiger partial charge in [-0.3, -0.25) is 10.1 Å². The molecule has 2 aliphatic rings. The lowest BCUT2D eigenvalue weighted by Gasteiger charge is -2.34. The summed E-state index contributed by atoms with van der Waals surface area (Å²) in [5, 5.41) is 14.5. The van der Waals surface area contributed by atoms with E-state index < -0.39 is 10.9 Å². The molecule has 8 heteroatoms. The van der Waals surface area contributed by atoms with Crippen LogP contribution in [-0.2, 0) is 9.47 Å². The van der Waals surface area contributed by atoms with Gasteiger partial charge in [0, 0.05) is 44.0 Å². The number of esters is 1. The van der Waals surface area contributed by atoms with Crippen molar-refractivity contribution in [2.45, 2.75) is 25.3 Å². The van der Waals surface area contributed by atoms with Crippen molar-refractivity contribution in [3.8, 4) is 0 Å². The molecule has 2 heterocycles. The molecule has 1 atom stereocenters. The van der Waals surface area contributed by atoms with E-state index in [9.17, 15) is 14.9 Å². The van der Waals surface area contributed by atoms with Gasteiger partial charge in [0.2, 0.25) is 0 Å². The predicted octanol–water partition coefficient (Wildman–Crippen LogP) is 2.29. The van der Waals surface area contributed by atoms with Crippen LogP contribution in [0.5, 0.6) is 0 Å². The molecule has 1 aromatic rings. The number of hydrogen-bond acceptors (Lipinski definition) is 7. The van der Waals surface area contributed by atoms with Crippen molar-refractivity contribution in [3.05, 3.63) is 33.9 Å². The Morgan fingerprint density at radius 3 is 2.77 bits per heavy atom. The van der Waals surface area contributed by atoms with Gasteiger partial charge in [-0.05, 0) is 37.3 Å². The number of anilines is 1. The molecule has 8 nitrogen and oxygen atoms in total. The molecule has 2 aliphatic heterocycles. The molecule has 0 spiro atoms. The van der Waals surface area contributed by atoms with Crippen molar-refractivity contribution in [2.24, 2.45) is 5.92 Å². The number of nitro groups is 1. The first-order chi connectivity index (χ1) is 12.6. The predicted molar refractivity (Wildman–Crippen MR) is 96.4 cm³/mol. The molecular formula is C18H25N3O5. The van der Waals surface area contributed by atoms with Crippen LogP contribution in [-0.4, -0.2) is 61.8 Å². The minimum atomic E-state index is -0.700. The number of methoxy groups -OCH3 is 1. The van der Waals surface area contributed by atoms with Gasteiger partial charge >= 0.3 is 5.97 Å². The standard InChI is InChI=1S/C18H25N3O5/c1-25-18(22)16-10-15(2-3-17(16)21(23)24)19-14-4-7-20(8-5-14)11-13-6-9-26-12-13/h2-3,10,13-14,19H,4-9,11-12H2,1H3. The highest BCUT2D eigenvalue weighted by atomic mass is 16.6. The van der Waals surface area contributed by atoms with E-state index in [4.69, 9.17) is 4.74 Å². The smallest absolute Gasteiger partial charge is 0.344 e. The molecule has 2 fully saturated rings. The quantitative estimate of drug-likeness (QED) is 0.471. The zero-order chi connectivity index (χ0) is 18.5. The third-order valence-corrected chi connectivity index (χ3v) is 5.10. The fourth-order valence-corrected chi connectivity index (χ4v) is 3.65. The maximum absolute atomic E-state index is 11.8. The number of piperidine rings is 1. The minimum Gasteiger partial charge on any atom is -0.465 e. The summed E-state index contributed by atoms with van der Waals surface area (Å²) in [6, 6.07) is 4.79. The average Bonchev–Trinajstić information content (AvgIpc) is 3.15. The molecule has 1 aromatic carbocycles. The lowest BCUT2D eigenvalue weighted by Crippen LogP contribution is -2.41. The molecule has 0 radical (unpaired) electrons. The summed E-state index contributed by atoms with van der Waals surface area (Å²) >= 11 is 0. The third-order valence-electron chi connectivity index (χ3n) is 5.10. The molecule has 26 heavy (non-hydrogen) atoms. The van der Waals surface area contributed by atoms with Gasteiger partial charge in [0.15, 0.2) is 0 Å². The van der Waals surface area contributed by atoms with Crippen LogP contribution in [0.25, 0.3) is 0 Å². The van der Waals surface area contributed by atoms with Gasteiger partial charge in [-0.2, -0.15) is 0 Å². The first kappa shape index (κ1) is 18.6. The third kappa shape index (κ3) is 4.50. The van der Waals surface area contributed by atoms with Crippen LogP contribution in [0, 0.1) is 16.0 Å². The van der Waals surface area contributed by atoms with Crippen LogP contribution in [0.1, 0.15) is 29.6 Å². The van der Waals surface area contributed by atoms with E-state index in [1.165, 1.54) is 19.2 Å². The number of rotatable bonds is 6. The van der Waals surface area contributed by atoms with Gasteiger partial charge in [0.05, 0.1) is 18.6 Å². The van der Waals surface area contributed by atoms with Gasteiger partial charge in [-0.25, -0.2) is 4.79 Å². The van der Waals surface area contributed by atoms with E-state index in [-0.39, 0.29) is 17.3 Å². The fraction of sp³-hybridized carbons (Fsp3) is 0.611. The summed E-state index contributed by atoms with van der Waals surface area (Å²) < 4.78 is 10.1. The Labute approximate surface area is 152 Å². The van der Waals surface area contributed by atoms with Crippen molar-refractivity contribution in [3.63, 3.8) is 0 Å². The van der Waals surface area contributed by atoms with E-state index >= 15 is 0 Å². The summed E-state index contributed by atoms with van der Waals surface area (Å²) in [4.78, 5) is 24.8. The first-order valence-electron chi connectivity index (χ1n) is 9.00. The number of ether oxygens (including phenoxy) is 2. The number of likely N-dealkylation sites (tertiary alicyclic amines) is 1. The highest BCUT2D eigenvalue weighted by Crippen LogP contribution is 2.25. The van der Waals surface area contributed by atoms with Crippen LogP contribution in [0.2, 0.25) is 0 Å². The Balaban J connectivity index is 1.57. The van der Waals surface area contributed by atoms with Crippen molar-refractivity contribution in [2.75, 3.05) is 45.3 Å². The van der Waals surface area contributed by atoms with Crippen molar-refractivity contribution in [1.29, 1.82) is 0 Å². The van der Waals surface area contributed by atoms with Crippen molar-refractivity contribution < 1.29 is 19.2 Å². The summed E-state index contributed by atoms with van der Waals surface area (Å²) in [6.07, 6.45) is 3.15. The molecule has 0 aromatic heterocycles. The van der Waals surface area contributed by atoms with Crippen LogP contribution in [0.3, 0.4) is 0 Å². The van der Waals surface area contributed by atoms with Crippen LogP contribution in [0.15, 0.2) is 18.2 Å². The molecule has 0 bridgehead atoms. The maximum atomic E-state index is 11.8. The number of nitrogens with zero attached hydrogens (tertiary/aromatic N) is 2. The Kier molecular flexibility index (Phi) is 6.05. The maximum Gasteiger partial charge on any atom is 0.344 e. The number of carbonyl (C=O) groups is 1. The Morgan fingerprint density at radius 2 is 2.15 bits per heavy atom. The molecule has 1 unspecified atom stereocenters. The lowest BCUT2D eigenvalue weighted by atomic mass is 10.0. The number of nitro benzene ring substituents is 1. The first-order valence-corrected chi connectivity index (χ1v) is 9.00. The summed E-state index contributed by atoms with van der Waals surface area (Å²) in [7, 11) is 1.22. The minimum absolute atomic E-state index is 0.0267. The number of nitrogens with one attached hydrogen (secondary N) is 1. The highest BCUT2D eigenvalue weighted by Gasteiger charge is 2.25. The SMILES string of the molecule is COC(=O)c1cc(NC2CCN(CC3CCOC3)CC2)ccc1[N+](=O)[O-]. The molecule has 3 rings (SSSR count). The van der Waals surface area contributed by atoms with Crippen molar-refractivity contribution >= 4 is 17.3 Å². The number of carbonyl (C=O) groups excluding carboxylic acids is 1. The van der Waals surface area contributed by atoms with Gasteiger partial charge < -0.3 is 19.7 Å². The molecule has 142 valence electrons. The van der Waals surface area contributed by atoms with Gasteiger partial charge in [0.1, 0.15) is 5.56 Å². The van der Waals surface area contributed by atoms with E-state index in [1.54, 1.807) is 6.07 Å². The molecule has 2 saturated heterocycles. The van der Waals surface area contributed by atoms with E-state index in [1.807, 2.05) is 0 Å². The Morgan fingerprint density at radius 1 is 1.38 bits per heavy atom. The second kappa shape index (κ2) is 8.46. The highest BCUT2D eigenvalue weighted by molar-refractivity contribution is 5.95. The second-order valence-electron chi connectivity index (χ2n) is 6.93. The number of hydrogen-bond donors (Lipinski definition) is 1. The van der Waals surface area contributed by atoms with E-state index in [0.717, 1.165) is 52.1 Å². The van der Waals surface area contributed by atoms with Crippen LogP contribution in [0.4, 0.5) is 11.4 Å². The van der Waals surface area contributed by atoms with E-state index in [2.05, 4.69) is 15.0 Å².